The normalized spacial score (nSPS) is 7.80. The van der Waals surface area contributed by atoms with Crippen LogP contribution in [0.25, 0.3) is 0 Å². The van der Waals surface area contributed by atoms with E-state index in [2.05, 4.69) is 0 Å². The van der Waals surface area contributed by atoms with Gasteiger partial charge in [-0.2, -0.15) is 0 Å². The number of benzene rings is 1. The van der Waals surface area contributed by atoms with E-state index in [0.29, 0.717) is 0 Å². The molecule has 0 saturated carbocycles. The van der Waals surface area contributed by atoms with Gasteiger partial charge in [0, 0.05) is 6.42 Å². The number of hydrogen-bond acceptors (Lipinski definition) is 3. The van der Waals surface area contributed by atoms with Crippen LogP contribution < -0.4 is 34.7 Å². The van der Waals surface area contributed by atoms with Gasteiger partial charge in [0.1, 0.15) is 0 Å². The SMILES string of the molecule is CCC(=O)O.O=C([O-])c1ccccc1.[Na+]. The smallest absolute Gasteiger partial charge is 0.545 e. The third kappa shape index (κ3) is 9.46. The minimum Gasteiger partial charge on any atom is -0.545 e. The van der Waals surface area contributed by atoms with Crippen molar-refractivity contribution in [2.24, 2.45) is 0 Å². The van der Waals surface area contributed by atoms with Crippen LogP contribution in [0.3, 0.4) is 0 Å². The molecule has 5 heteroatoms. The van der Waals surface area contributed by atoms with Gasteiger partial charge >= 0.3 is 35.5 Å². The van der Waals surface area contributed by atoms with Gasteiger partial charge in [-0.1, -0.05) is 37.3 Å². The predicted molar refractivity (Wildman–Crippen MR) is 48.7 cm³/mol. The number of carbonyl (C=O) groups excluding carboxylic acids is 1. The van der Waals surface area contributed by atoms with Crippen molar-refractivity contribution in [2.75, 3.05) is 0 Å². The minimum absolute atomic E-state index is 0. The molecule has 0 unspecified atom stereocenters. The van der Waals surface area contributed by atoms with Crippen LogP contribution in [0, 0.1) is 0 Å². The molecule has 0 aliphatic rings. The van der Waals surface area contributed by atoms with E-state index in [0.717, 1.165) is 0 Å². The Kier molecular flexibility index (Phi) is 10.7. The Balaban J connectivity index is 0. The van der Waals surface area contributed by atoms with Crippen LogP contribution in [0.2, 0.25) is 0 Å². The standard InChI is InChI=1S/C7H6O2.C3H6O2.Na/c8-7(9)6-4-2-1-3-5-6;1-2-3(4)5;/h1-5H,(H,8,9);2H2,1H3,(H,4,5);/q;;+1/p-1. The second kappa shape index (κ2) is 9.71. The van der Waals surface area contributed by atoms with Crippen LogP contribution in [0.5, 0.6) is 0 Å². The third-order valence-corrected chi connectivity index (χ3v) is 1.31. The minimum atomic E-state index is -1.13. The van der Waals surface area contributed by atoms with Crippen LogP contribution in [-0.2, 0) is 4.79 Å². The van der Waals surface area contributed by atoms with Gasteiger partial charge in [0.05, 0.1) is 5.97 Å². The number of aromatic carboxylic acids is 1. The van der Waals surface area contributed by atoms with Crippen molar-refractivity contribution < 1.29 is 49.4 Å². The molecule has 1 rings (SSSR count). The summed E-state index contributed by atoms with van der Waals surface area (Å²) in [6, 6.07) is 8.06. The van der Waals surface area contributed by atoms with Crippen LogP contribution >= 0.6 is 0 Å². The molecule has 0 saturated heterocycles. The van der Waals surface area contributed by atoms with E-state index in [1.54, 1.807) is 25.1 Å². The molecule has 76 valence electrons. The number of carboxylic acids is 2. The number of rotatable bonds is 2. The monoisotopic (exact) mass is 218 g/mol. The molecule has 0 aliphatic heterocycles. The van der Waals surface area contributed by atoms with Gasteiger partial charge in [0.25, 0.3) is 0 Å². The Morgan fingerprint density at radius 1 is 1.27 bits per heavy atom. The summed E-state index contributed by atoms with van der Waals surface area (Å²) >= 11 is 0. The van der Waals surface area contributed by atoms with E-state index in [4.69, 9.17) is 5.11 Å². The van der Waals surface area contributed by atoms with Gasteiger partial charge in [-0.25, -0.2) is 0 Å². The fourth-order valence-electron chi connectivity index (χ4n) is 0.574. The van der Waals surface area contributed by atoms with Gasteiger partial charge in [0.2, 0.25) is 0 Å². The van der Waals surface area contributed by atoms with Gasteiger partial charge in [-0.15, -0.1) is 0 Å². The summed E-state index contributed by atoms with van der Waals surface area (Å²) in [5, 5.41) is 17.8. The Morgan fingerprint density at radius 2 is 1.67 bits per heavy atom. The molecule has 0 radical (unpaired) electrons. The molecule has 1 N–H and O–H groups in total. The zero-order valence-electron chi connectivity index (χ0n) is 8.77. The summed E-state index contributed by atoms with van der Waals surface area (Å²) in [6.45, 7) is 1.60. The van der Waals surface area contributed by atoms with Gasteiger partial charge in [-0.05, 0) is 5.56 Å². The Labute approximate surface area is 110 Å². The first-order valence-electron chi connectivity index (χ1n) is 4.06. The van der Waals surface area contributed by atoms with Crippen molar-refractivity contribution in [3.63, 3.8) is 0 Å². The van der Waals surface area contributed by atoms with Crippen LogP contribution in [0.1, 0.15) is 23.7 Å². The maximum Gasteiger partial charge on any atom is 1.00 e. The molecule has 4 nitrogen and oxygen atoms in total. The summed E-state index contributed by atoms with van der Waals surface area (Å²) < 4.78 is 0. The van der Waals surface area contributed by atoms with Crippen molar-refractivity contribution in [2.45, 2.75) is 13.3 Å². The molecule has 1 aromatic carbocycles. The molecular formula is C10H11NaO4. The number of carbonyl (C=O) groups is 2. The summed E-state index contributed by atoms with van der Waals surface area (Å²) in [4.78, 5) is 19.5. The molecular weight excluding hydrogens is 207 g/mol. The summed E-state index contributed by atoms with van der Waals surface area (Å²) in [5.41, 5.74) is 0.220. The van der Waals surface area contributed by atoms with Crippen LogP contribution in [-0.4, -0.2) is 17.0 Å². The summed E-state index contributed by atoms with van der Waals surface area (Å²) in [6.07, 6.45) is 0.222. The number of hydrogen-bond donors (Lipinski definition) is 1. The van der Waals surface area contributed by atoms with E-state index < -0.39 is 11.9 Å². The van der Waals surface area contributed by atoms with E-state index >= 15 is 0 Å². The van der Waals surface area contributed by atoms with Gasteiger partial charge in [0.15, 0.2) is 0 Å². The van der Waals surface area contributed by atoms with Crippen molar-refractivity contribution in [1.29, 1.82) is 0 Å². The predicted octanol–water partition coefficient (Wildman–Crippen LogP) is -2.46. The fourth-order valence-corrected chi connectivity index (χ4v) is 0.574. The number of aliphatic carboxylic acids is 1. The first-order chi connectivity index (χ1) is 6.57. The van der Waals surface area contributed by atoms with Crippen molar-refractivity contribution in [3.05, 3.63) is 35.9 Å². The van der Waals surface area contributed by atoms with E-state index in [1.807, 2.05) is 0 Å². The fraction of sp³-hybridized carbons (Fsp3) is 0.200. The molecule has 15 heavy (non-hydrogen) atoms. The Bertz CT molecular complexity index is 298. The Hall–Kier alpha value is -0.840. The maximum atomic E-state index is 10.1. The van der Waals surface area contributed by atoms with Crippen molar-refractivity contribution >= 4 is 11.9 Å². The Morgan fingerprint density at radius 3 is 1.87 bits per heavy atom. The second-order valence-electron chi connectivity index (χ2n) is 2.40. The van der Waals surface area contributed by atoms with E-state index in [1.165, 1.54) is 12.1 Å². The van der Waals surface area contributed by atoms with Crippen molar-refractivity contribution in [1.82, 2.24) is 0 Å². The average molecular weight is 218 g/mol. The molecule has 0 aromatic heterocycles. The average Bonchev–Trinajstić information content (AvgIpc) is 2.20. The third-order valence-electron chi connectivity index (χ3n) is 1.31. The van der Waals surface area contributed by atoms with E-state index in [-0.39, 0.29) is 41.5 Å². The largest absolute Gasteiger partial charge is 1.00 e. The zero-order valence-corrected chi connectivity index (χ0v) is 10.8. The topological polar surface area (TPSA) is 77.4 Å². The van der Waals surface area contributed by atoms with Crippen LogP contribution in [0.4, 0.5) is 0 Å². The quantitative estimate of drug-likeness (QED) is 0.558. The molecule has 0 aliphatic carbocycles. The molecule has 0 fully saturated rings. The van der Waals surface area contributed by atoms with Gasteiger partial charge < -0.3 is 15.0 Å². The molecule has 0 spiro atoms. The van der Waals surface area contributed by atoms with Crippen LogP contribution in [0.15, 0.2) is 30.3 Å². The molecule has 0 bridgehead atoms. The first-order valence-corrected chi connectivity index (χ1v) is 4.06. The first kappa shape index (κ1) is 16.6. The van der Waals surface area contributed by atoms with Crippen molar-refractivity contribution in [3.8, 4) is 0 Å². The van der Waals surface area contributed by atoms with Gasteiger partial charge in [-0.3, -0.25) is 4.79 Å². The zero-order chi connectivity index (χ0) is 11.0. The molecule has 1 aromatic rings. The number of carboxylic acid groups (broad SMARTS) is 2. The molecule has 0 amide bonds. The molecule has 0 atom stereocenters. The second-order valence-corrected chi connectivity index (χ2v) is 2.40. The van der Waals surface area contributed by atoms with E-state index in [9.17, 15) is 14.7 Å². The summed E-state index contributed by atoms with van der Waals surface area (Å²) in [5.74, 6) is -1.87. The molecule has 0 heterocycles. The maximum absolute atomic E-state index is 10.1. The summed E-state index contributed by atoms with van der Waals surface area (Å²) in [7, 11) is 0.